The van der Waals surface area contributed by atoms with Crippen LogP contribution in [0, 0.1) is 0 Å². The van der Waals surface area contributed by atoms with Crippen LogP contribution in [0.4, 0.5) is 0 Å². The molecular weight excluding hydrogens is 581 g/mol. The molecule has 11 heteroatoms. The summed E-state index contributed by atoms with van der Waals surface area (Å²) >= 11 is 0. The highest BCUT2D eigenvalue weighted by atomic mass is 31.2. The third kappa shape index (κ3) is 11.4. The van der Waals surface area contributed by atoms with E-state index in [1.54, 1.807) is 20.8 Å². The summed E-state index contributed by atoms with van der Waals surface area (Å²) in [6, 6.07) is 25.6. The Morgan fingerprint density at radius 2 is 0.773 bits per heavy atom. The monoisotopic (exact) mass is 623 g/mol. The summed E-state index contributed by atoms with van der Waals surface area (Å²) in [6.45, 7) is 4.54. The smallest absolute Gasteiger partial charge is 0.347 e. The van der Waals surface area contributed by atoms with Gasteiger partial charge >= 0.3 is 7.82 Å². The fourth-order valence-electron chi connectivity index (χ4n) is 4.22. The first kappa shape index (κ1) is 34.7. The van der Waals surface area contributed by atoms with E-state index in [-0.39, 0.29) is 56.8 Å². The van der Waals surface area contributed by atoms with Gasteiger partial charge in [-0.2, -0.15) is 0 Å². The van der Waals surface area contributed by atoms with Gasteiger partial charge in [-0.1, -0.05) is 112 Å². The van der Waals surface area contributed by atoms with Gasteiger partial charge in [0, 0.05) is 19.3 Å². The highest BCUT2D eigenvalue weighted by Crippen LogP contribution is 2.51. The molecule has 236 valence electrons. The summed E-state index contributed by atoms with van der Waals surface area (Å²) in [5, 5.41) is 8.68. The molecule has 0 aliphatic carbocycles. The fraction of sp³-hybridized carbons (Fsp3) is 0.364. The minimum Gasteiger partial charge on any atom is -0.347 e. The Balaban J connectivity index is 1.88. The predicted molar refractivity (Wildman–Crippen MR) is 168 cm³/mol. The Labute approximate surface area is 259 Å². The van der Waals surface area contributed by atoms with E-state index in [1.165, 1.54) is 0 Å². The van der Waals surface area contributed by atoms with Crippen molar-refractivity contribution in [1.82, 2.24) is 16.0 Å². The Hall–Kier alpha value is -3.82. The number of hydrogen-bond acceptors (Lipinski definition) is 7. The molecule has 0 aliphatic heterocycles. The van der Waals surface area contributed by atoms with Gasteiger partial charge in [-0.15, -0.1) is 0 Å². The highest BCUT2D eigenvalue weighted by molar-refractivity contribution is 7.48. The van der Waals surface area contributed by atoms with Gasteiger partial charge in [0.15, 0.2) is 0 Å². The molecule has 10 nitrogen and oxygen atoms in total. The van der Waals surface area contributed by atoms with Crippen LogP contribution in [0.1, 0.15) is 74.8 Å². The zero-order valence-corrected chi connectivity index (χ0v) is 26.3. The standard InChI is InChI=1S/C33H42N3O7P/c1-4-31(37)34-28(25-16-10-7-11-17-25)22-41-44(40,42-23-29(35-32(38)5-2)26-18-12-8-13-19-26)43-24-30(36-33(39)6-3)27-20-14-9-15-21-27/h7-21,28-30H,4-6,22-24H2,1-3H3,(H,34,37)(H,35,38)(H,36,39)/t28-,29-,30-/m0/s1. The zero-order valence-electron chi connectivity index (χ0n) is 25.4. The van der Waals surface area contributed by atoms with Gasteiger partial charge in [0.25, 0.3) is 0 Å². The number of hydrogen-bond donors (Lipinski definition) is 3. The maximum absolute atomic E-state index is 14.3. The lowest BCUT2D eigenvalue weighted by Crippen LogP contribution is -2.33. The molecule has 44 heavy (non-hydrogen) atoms. The Morgan fingerprint density at radius 1 is 0.523 bits per heavy atom. The molecule has 3 aromatic carbocycles. The molecular formula is C33H42N3O7P. The summed E-state index contributed by atoms with van der Waals surface area (Å²) in [4.78, 5) is 37.0. The van der Waals surface area contributed by atoms with Gasteiger partial charge in [-0.3, -0.25) is 28.0 Å². The van der Waals surface area contributed by atoms with Crippen molar-refractivity contribution < 1.29 is 32.5 Å². The lowest BCUT2D eigenvalue weighted by Gasteiger charge is -2.27. The molecule has 3 N–H and O–H groups in total. The van der Waals surface area contributed by atoms with Crippen LogP contribution in [0.2, 0.25) is 0 Å². The fourth-order valence-corrected chi connectivity index (χ4v) is 5.44. The number of phosphoric acid groups is 1. The number of carbonyl (C=O) groups excluding carboxylic acids is 3. The SMILES string of the molecule is CCC(=O)N[C@@H](COP(=O)(OC[C@H](NC(=O)CC)c1ccccc1)OC[C@H](NC(=O)CC)c1ccccc1)c1ccccc1. The lowest BCUT2D eigenvalue weighted by atomic mass is 10.1. The second kappa shape index (κ2) is 18.1. The van der Waals surface area contributed by atoms with E-state index in [9.17, 15) is 18.9 Å². The van der Waals surface area contributed by atoms with E-state index >= 15 is 0 Å². The molecule has 0 radical (unpaired) electrons. The average molecular weight is 624 g/mol. The van der Waals surface area contributed by atoms with Crippen molar-refractivity contribution in [3.63, 3.8) is 0 Å². The largest absolute Gasteiger partial charge is 0.475 e. The minimum atomic E-state index is -4.35. The van der Waals surface area contributed by atoms with E-state index in [0.717, 1.165) is 16.7 Å². The van der Waals surface area contributed by atoms with Gasteiger partial charge < -0.3 is 16.0 Å². The molecule has 0 aromatic heterocycles. The van der Waals surface area contributed by atoms with E-state index < -0.39 is 25.9 Å². The topological polar surface area (TPSA) is 132 Å². The van der Waals surface area contributed by atoms with Crippen LogP contribution in [-0.4, -0.2) is 37.5 Å². The van der Waals surface area contributed by atoms with Crippen LogP contribution >= 0.6 is 7.82 Å². The van der Waals surface area contributed by atoms with Gasteiger partial charge in [-0.25, -0.2) is 4.57 Å². The maximum atomic E-state index is 14.3. The zero-order chi connectivity index (χ0) is 31.8. The normalized spacial score (nSPS) is 13.3. The molecule has 0 bridgehead atoms. The quantitative estimate of drug-likeness (QED) is 0.149. The third-order valence-electron chi connectivity index (χ3n) is 6.77. The van der Waals surface area contributed by atoms with Crippen molar-refractivity contribution in [2.24, 2.45) is 0 Å². The minimum absolute atomic E-state index is 0.211. The van der Waals surface area contributed by atoms with Gasteiger partial charge in [0.05, 0.1) is 37.9 Å². The molecule has 0 heterocycles. The Kier molecular flexibility index (Phi) is 14.3. The van der Waals surface area contributed by atoms with Gasteiger partial charge in [0.1, 0.15) is 0 Å². The number of phosphoric ester groups is 1. The summed E-state index contributed by atoms with van der Waals surface area (Å²) in [7, 11) is -4.35. The van der Waals surface area contributed by atoms with Crippen LogP contribution in [0.15, 0.2) is 91.0 Å². The Morgan fingerprint density at radius 3 is 1.00 bits per heavy atom. The first-order valence-corrected chi connectivity index (χ1v) is 16.3. The Bertz CT molecular complexity index is 1190. The number of nitrogens with one attached hydrogen (secondary N) is 3. The van der Waals surface area contributed by atoms with Gasteiger partial charge in [0.2, 0.25) is 17.7 Å². The van der Waals surface area contributed by atoms with Crippen molar-refractivity contribution in [1.29, 1.82) is 0 Å². The molecule has 3 amide bonds. The van der Waals surface area contributed by atoms with E-state index in [4.69, 9.17) is 13.6 Å². The van der Waals surface area contributed by atoms with Crippen LogP contribution in [0.5, 0.6) is 0 Å². The third-order valence-corrected chi connectivity index (χ3v) is 8.17. The van der Waals surface area contributed by atoms with Crippen LogP contribution in [0.3, 0.4) is 0 Å². The summed E-state index contributed by atoms with van der Waals surface area (Å²) in [6.07, 6.45) is 0.749. The number of benzene rings is 3. The molecule has 0 fully saturated rings. The maximum Gasteiger partial charge on any atom is 0.475 e. The lowest BCUT2D eigenvalue weighted by molar-refractivity contribution is -0.122. The molecule has 3 aromatic rings. The van der Waals surface area contributed by atoms with Crippen molar-refractivity contribution in [2.45, 2.75) is 58.2 Å². The second-order valence-corrected chi connectivity index (χ2v) is 11.7. The number of amides is 3. The van der Waals surface area contributed by atoms with Crippen LogP contribution in [0.25, 0.3) is 0 Å². The highest BCUT2D eigenvalue weighted by Gasteiger charge is 2.33. The van der Waals surface area contributed by atoms with Crippen LogP contribution < -0.4 is 16.0 Å². The molecule has 0 saturated heterocycles. The summed E-state index contributed by atoms with van der Waals surface area (Å²) in [5.74, 6) is -0.633. The molecule has 3 atom stereocenters. The average Bonchev–Trinajstić information content (AvgIpc) is 3.07. The molecule has 0 unspecified atom stereocenters. The first-order chi connectivity index (χ1) is 21.3. The first-order valence-electron chi connectivity index (χ1n) is 14.8. The summed E-state index contributed by atoms with van der Waals surface area (Å²) < 4.78 is 32.0. The molecule has 0 saturated carbocycles. The van der Waals surface area contributed by atoms with Crippen molar-refractivity contribution in [2.75, 3.05) is 19.8 Å². The predicted octanol–water partition coefficient (Wildman–Crippen LogP) is 5.95. The molecule has 3 rings (SSSR count). The van der Waals surface area contributed by atoms with Crippen molar-refractivity contribution in [3.05, 3.63) is 108 Å². The van der Waals surface area contributed by atoms with E-state index in [1.807, 2.05) is 91.0 Å². The molecule has 0 aliphatic rings. The number of carbonyl (C=O) groups is 3. The van der Waals surface area contributed by atoms with E-state index in [0.29, 0.717) is 0 Å². The summed E-state index contributed by atoms with van der Waals surface area (Å²) in [5.41, 5.74) is 2.24. The van der Waals surface area contributed by atoms with E-state index in [2.05, 4.69) is 16.0 Å². The van der Waals surface area contributed by atoms with Crippen LogP contribution in [-0.2, 0) is 32.5 Å². The molecule has 0 spiro atoms. The van der Waals surface area contributed by atoms with Gasteiger partial charge in [-0.05, 0) is 16.7 Å². The number of rotatable bonds is 18. The second-order valence-electron chi connectivity index (χ2n) is 9.99. The van der Waals surface area contributed by atoms with Crippen molar-refractivity contribution >= 4 is 25.5 Å². The van der Waals surface area contributed by atoms with Crippen molar-refractivity contribution in [3.8, 4) is 0 Å².